The van der Waals surface area contributed by atoms with Crippen molar-refractivity contribution in [2.75, 3.05) is 6.61 Å². The van der Waals surface area contributed by atoms with E-state index in [9.17, 15) is 9.59 Å². The van der Waals surface area contributed by atoms with Crippen LogP contribution in [-0.2, 0) is 11.2 Å². The van der Waals surface area contributed by atoms with Crippen LogP contribution in [0.3, 0.4) is 0 Å². The van der Waals surface area contributed by atoms with Crippen LogP contribution in [0.25, 0.3) is 0 Å². The van der Waals surface area contributed by atoms with Gasteiger partial charge in [0, 0.05) is 10.9 Å². The van der Waals surface area contributed by atoms with Crippen LogP contribution in [0.5, 0.6) is 5.75 Å². The molecular formula is C22H17BrO4. The van der Waals surface area contributed by atoms with E-state index < -0.39 is 11.9 Å². The number of carbonyl (C=O) groups is 2. The molecule has 0 spiro atoms. The first-order chi connectivity index (χ1) is 13.1. The smallest absolute Gasteiger partial charge is 0.344 e. The molecule has 0 radical (unpaired) electrons. The number of ether oxygens (including phenoxy) is 2. The summed E-state index contributed by atoms with van der Waals surface area (Å²) >= 11 is 3.32. The molecule has 0 saturated heterocycles. The van der Waals surface area contributed by atoms with E-state index in [4.69, 9.17) is 9.47 Å². The van der Waals surface area contributed by atoms with Gasteiger partial charge in [0.2, 0.25) is 0 Å². The Morgan fingerprint density at radius 2 is 1.44 bits per heavy atom. The maximum atomic E-state index is 12.2. The van der Waals surface area contributed by atoms with Crippen LogP contribution < -0.4 is 4.74 Å². The van der Waals surface area contributed by atoms with Crippen LogP contribution in [0.4, 0.5) is 0 Å². The highest BCUT2D eigenvalue weighted by Crippen LogP contribution is 2.20. The lowest BCUT2D eigenvalue weighted by molar-refractivity contribution is 0.0509. The van der Waals surface area contributed by atoms with Crippen molar-refractivity contribution >= 4 is 27.9 Å². The van der Waals surface area contributed by atoms with Gasteiger partial charge >= 0.3 is 11.9 Å². The molecule has 0 heterocycles. The second-order valence-electron chi connectivity index (χ2n) is 5.77. The summed E-state index contributed by atoms with van der Waals surface area (Å²) in [5, 5.41) is 0. The fraction of sp³-hybridized carbons (Fsp3) is 0.0909. The Labute approximate surface area is 165 Å². The lowest BCUT2D eigenvalue weighted by Crippen LogP contribution is -2.10. The highest BCUT2D eigenvalue weighted by Gasteiger charge is 2.13. The third kappa shape index (κ3) is 5.28. The molecule has 3 rings (SSSR count). The Balaban J connectivity index is 1.54. The van der Waals surface area contributed by atoms with Crippen LogP contribution in [0, 0.1) is 0 Å². The van der Waals surface area contributed by atoms with Crippen LogP contribution in [-0.4, -0.2) is 18.5 Å². The van der Waals surface area contributed by atoms with E-state index in [-0.39, 0.29) is 0 Å². The van der Waals surface area contributed by atoms with Gasteiger partial charge in [0.1, 0.15) is 5.75 Å². The minimum atomic E-state index is -0.472. The summed E-state index contributed by atoms with van der Waals surface area (Å²) in [4.78, 5) is 24.3. The summed E-state index contributed by atoms with van der Waals surface area (Å²) in [6.07, 6.45) is 0.661. The third-order valence-corrected chi connectivity index (χ3v) is 4.55. The molecule has 0 N–H and O–H groups in total. The highest BCUT2D eigenvalue weighted by atomic mass is 79.9. The summed E-state index contributed by atoms with van der Waals surface area (Å²) in [6.45, 7) is 0.307. The van der Waals surface area contributed by atoms with Gasteiger partial charge in [-0.3, -0.25) is 0 Å². The van der Waals surface area contributed by atoms with Gasteiger partial charge in [0.05, 0.1) is 17.7 Å². The molecule has 0 bridgehead atoms. The number of halogens is 1. The molecule has 0 aromatic heterocycles. The number of rotatable bonds is 6. The predicted octanol–water partition coefficient (Wildman–Crippen LogP) is 5.07. The van der Waals surface area contributed by atoms with Gasteiger partial charge in [0.15, 0.2) is 0 Å². The molecule has 0 aliphatic carbocycles. The molecule has 3 aromatic rings. The van der Waals surface area contributed by atoms with E-state index in [1.54, 1.807) is 42.5 Å². The fourth-order valence-electron chi connectivity index (χ4n) is 2.44. The summed E-state index contributed by atoms with van der Waals surface area (Å²) in [5.41, 5.74) is 1.95. The zero-order valence-electron chi connectivity index (χ0n) is 14.4. The van der Waals surface area contributed by atoms with Crippen molar-refractivity contribution in [3.05, 3.63) is 100 Å². The van der Waals surface area contributed by atoms with Crippen molar-refractivity contribution in [3.63, 3.8) is 0 Å². The van der Waals surface area contributed by atoms with Crippen molar-refractivity contribution in [1.29, 1.82) is 0 Å². The van der Waals surface area contributed by atoms with Crippen molar-refractivity contribution in [2.45, 2.75) is 6.42 Å². The minimum Gasteiger partial charge on any atom is -0.462 e. The van der Waals surface area contributed by atoms with E-state index >= 15 is 0 Å². The Morgan fingerprint density at radius 1 is 0.778 bits per heavy atom. The van der Waals surface area contributed by atoms with Gasteiger partial charge in [-0.05, 0) is 57.9 Å². The number of benzene rings is 3. The molecular weight excluding hydrogens is 408 g/mol. The Kier molecular flexibility index (Phi) is 6.39. The number of carbonyl (C=O) groups excluding carboxylic acids is 2. The Bertz CT molecular complexity index is 921. The molecule has 0 amide bonds. The largest absolute Gasteiger partial charge is 0.462 e. The maximum Gasteiger partial charge on any atom is 0.344 e. The number of hydrogen-bond acceptors (Lipinski definition) is 4. The average Bonchev–Trinajstić information content (AvgIpc) is 2.69. The summed E-state index contributed by atoms with van der Waals surface area (Å²) in [6, 6.07) is 23.1. The zero-order chi connectivity index (χ0) is 19.1. The molecule has 27 heavy (non-hydrogen) atoms. The lowest BCUT2D eigenvalue weighted by atomic mass is 10.2. The van der Waals surface area contributed by atoms with Crippen LogP contribution >= 0.6 is 15.9 Å². The van der Waals surface area contributed by atoms with Crippen LogP contribution in [0.1, 0.15) is 26.3 Å². The first-order valence-electron chi connectivity index (χ1n) is 8.41. The maximum absolute atomic E-state index is 12.2. The molecule has 3 aromatic carbocycles. The zero-order valence-corrected chi connectivity index (χ0v) is 16.0. The Morgan fingerprint density at radius 3 is 2.15 bits per heavy atom. The number of esters is 2. The van der Waals surface area contributed by atoms with Crippen LogP contribution in [0.15, 0.2) is 83.3 Å². The molecule has 0 fully saturated rings. The van der Waals surface area contributed by atoms with Crippen molar-refractivity contribution in [3.8, 4) is 5.75 Å². The average molecular weight is 425 g/mol. The second kappa shape index (κ2) is 9.14. The van der Waals surface area contributed by atoms with E-state index in [1.165, 1.54) is 0 Å². The second-order valence-corrected chi connectivity index (χ2v) is 6.62. The van der Waals surface area contributed by atoms with Gasteiger partial charge < -0.3 is 9.47 Å². The normalized spacial score (nSPS) is 10.3. The van der Waals surface area contributed by atoms with Gasteiger partial charge in [-0.25, -0.2) is 9.59 Å². The monoisotopic (exact) mass is 424 g/mol. The summed E-state index contributed by atoms with van der Waals surface area (Å²) < 4.78 is 11.3. The molecule has 5 heteroatoms. The molecule has 4 nitrogen and oxygen atoms in total. The highest BCUT2D eigenvalue weighted by molar-refractivity contribution is 9.10. The SMILES string of the molecule is O=C(OCCc1ccccc1)c1ccc(OC(=O)c2ccccc2Br)cc1. The van der Waals surface area contributed by atoms with E-state index in [2.05, 4.69) is 15.9 Å². The standard InChI is InChI=1S/C22H17BrO4/c23-20-9-5-4-8-19(20)22(25)27-18-12-10-17(11-13-18)21(24)26-15-14-16-6-2-1-3-7-16/h1-13H,14-15H2. The molecule has 136 valence electrons. The molecule has 0 aliphatic rings. The third-order valence-electron chi connectivity index (χ3n) is 3.86. The van der Waals surface area contributed by atoms with Gasteiger partial charge in [-0.1, -0.05) is 42.5 Å². The lowest BCUT2D eigenvalue weighted by Gasteiger charge is -2.07. The van der Waals surface area contributed by atoms with Gasteiger partial charge in [0.25, 0.3) is 0 Å². The van der Waals surface area contributed by atoms with Gasteiger partial charge in [-0.2, -0.15) is 0 Å². The Hall–Kier alpha value is -2.92. The predicted molar refractivity (Wildman–Crippen MR) is 106 cm³/mol. The molecule has 0 unspecified atom stereocenters. The van der Waals surface area contributed by atoms with E-state index in [0.717, 1.165) is 5.56 Å². The quantitative estimate of drug-likeness (QED) is 0.409. The summed E-state index contributed by atoms with van der Waals surface area (Å²) in [7, 11) is 0. The van der Waals surface area contributed by atoms with E-state index in [1.807, 2.05) is 36.4 Å². The fourth-order valence-corrected chi connectivity index (χ4v) is 2.88. The first kappa shape index (κ1) is 18.9. The number of hydrogen-bond donors (Lipinski definition) is 0. The summed E-state index contributed by atoms with van der Waals surface area (Å²) in [5.74, 6) is -0.521. The first-order valence-corrected chi connectivity index (χ1v) is 9.20. The topological polar surface area (TPSA) is 52.6 Å². The van der Waals surface area contributed by atoms with E-state index in [0.29, 0.717) is 34.4 Å². The van der Waals surface area contributed by atoms with Crippen molar-refractivity contribution in [1.82, 2.24) is 0 Å². The molecule has 0 aliphatic heterocycles. The van der Waals surface area contributed by atoms with Crippen molar-refractivity contribution < 1.29 is 19.1 Å². The molecule has 0 atom stereocenters. The minimum absolute atomic E-state index is 0.307. The molecule has 0 saturated carbocycles. The van der Waals surface area contributed by atoms with Crippen LogP contribution in [0.2, 0.25) is 0 Å². The van der Waals surface area contributed by atoms with Crippen molar-refractivity contribution in [2.24, 2.45) is 0 Å². The van der Waals surface area contributed by atoms with Gasteiger partial charge in [-0.15, -0.1) is 0 Å².